The normalized spacial score (nSPS) is 23.0. The number of hydrogen-bond donors (Lipinski definition) is 0. The first-order chi connectivity index (χ1) is 16.6. The van der Waals surface area contributed by atoms with Crippen molar-refractivity contribution in [3.63, 3.8) is 0 Å². The Labute approximate surface area is 211 Å². The van der Waals surface area contributed by atoms with Gasteiger partial charge in [-0.05, 0) is 34.8 Å². The van der Waals surface area contributed by atoms with Gasteiger partial charge in [-0.25, -0.2) is 9.98 Å². The quantitative estimate of drug-likeness (QED) is 0.391. The van der Waals surface area contributed by atoms with Crippen molar-refractivity contribution in [2.45, 2.75) is 85.1 Å². The molecule has 4 nitrogen and oxygen atoms in total. The molecular formula is C31H42N2O2. The van der Waals surface area contributed by atoms with Gasteiger partial charge < -0.3 is 9.47 Å². The van der Waals surface area contributed by atoms with E-state index in [-0.39, 0.29) is 12.1 Å². The van der Waals surface area contributed by atoms with Crippen molar-refractivity contribution >= 4 is 11.8 Å². The van der Waals surface area contributed by atoms with Crippen molar-refractivity contribution < 1.29 is 9.47 Å². The standard InChI is InChI=1S/C31H42N2O2/c1-20(2)30(21(3)4)28(24-15-11-9-12-16-24)32-26(34-30)19-27-33-29(25-17-13-10-14-18-25)31(35-27,22(5)6)23(7)8/h9-18,20-23,28-29H,19H2,1-8H3/t28-,29-/m1/s1. The van der Waals surface area contributed by atoms with Crippen LogP contribution in [-0.2, 0) is 9.47 Å². The maximum Gasteiger partial charge on any atom is 0.194 e. The number of ether oxygens (including phenoxy) is 2. The molecule has 2 aliphatic heterocycles. The molecular weight excluding hydrogens is 432 g/mol. The molecule has 0 spiro atoms. The van der Waals surface area contributed by atoms with Crippen LogP contribution in [-0.4, -0.2) is 23.0 Å². The highest BCUT2D eigenvalue weighted by Crippen LogP contribution is 2.51. The Balaban J connectivity index is 1.71. The Morgan fingerprint density at radius 2 is 0.886 bits per heavy atom. The highest BCUT2D eigenvalue weighted by molar-refractivity contribution is 5.99. The summed E-state index contributed by atoms with van der Waals surface area (Å²) in [6.45, 7) is 17.9. The highest BCUT2D eigenvalue weighted by atomic mass is 16.5. The molecule has 4 rings (SSSR count). The van der Waals surface area contributed by atoms with Gasteiger partial charge in [0.1, 0.15) is 23.3 Å². The van der Waals surface area contributed by atoms with E-state index < -0.39 is 11.2 Å². The van der Waals surface area contributed by atoms with E-state index in [4.69, 9.17) is 19.5 Å². The van der Waals surface area contributed by atoms with E-state index in [1.807, 2.05) is 0 Å². The first-order valence-electron chi connectivity index (χ1n) is 13.2. The van der Waals surface area contributed by atoms with E-state index in [9.17, 15) is 0 Å². The summed E-state index contributed by atoms with van der Waals surface area (Å²) in [6.07, 6.45) is 0.481. The zero-order valence-electron chi connectivity index (χ0n) is 22.7. The fourth-order valence-corrected chi connectivity index (χ4v) is 6.36. The first kappa shape index (κ1) is 25.5. The Morgan fingerprint density at radius 1 is 0.571 bits per heavy atom. The van der Waals surface area contributed by atoms with Crippen LogP contribution in [0.25, 0.3) is 0 Å². The first-order valence-corrected chi connectivity index (χ1v) is 13.2. The lowest BCUT2D eigenvalue weighted by atomic mass is 9.73. The number of nitrogens with zero attached hydrogens (tertiary/aromatic N) is 2. The third kappa shape index (κ3) is 4.30. The highest BCUT2D eigenvalue weighted by Gasteiger charge is 2.55. The van der Waals surface area contributed by atoms with E-state index in [1.54, 1.807) is 0 Å². The third-order valence-corrected chi connectivity index (χ3v) is 8.13. The van der Waals surface area contributed by atoms with Crippen molar-refractivity contribution in [1.82, 2.24) is 0 Å². The summed E-state index contributed by atoms with van der Waals surface area (Å²) < 4.78 is 13.6. The minimum Gasteiger partial charge on any atom is -0.471 e. The molecule has 4 heteroatoms. The van der Waals surface area contributed by atoms with Crippen LogP contribution in [0.1, 0.15) is 85.0 Å². The van der Waals surface area contributed by atoms with Crippen LogP contribution in [0.3, 0.4) is 0 Å². The van der Waals surface area contributed by atoms with Gasteiger partial charge in [0.2, 0.25) is 0 Å². The molecule has 2 atom stereocenters. The molecule has 0 unspecified atom stereocenters. The van der Waals surface area contributed by atoms with E-state index in [0.29, 0.717) is 30.1 Å². The Morgan fingerprint density at radius 3 is 1.17 bits per heavy atom. The number of hydrogen-bond acceptors (Lipinski definition) is 4. The summed E-state index contributed by atoms with van der Waals surface area (Å²) in [5.41, 5.74) is 1.59. The lowest BCUT2D eigenvalue weighted by Crippen LogP contribution is -2.47. The summed E-state index contributed by atoms with van der Waals surface area (Å²) in [5, 5.41) is 0. The largest absolute Gasteiger partial charge is 0.471 e. The summed E-state index contributed by atoms with van der Waals surface area (Å²) in [5.74, 6) is 2.64. The molecule has 2 aromatic carbocycles. The second kappa shape index (κ2) is 9.79. The van der Waals surface area contributed by atoms with Crippen LogP contribution in [0.4, 0.5) is 0 Å². The molecule has 188 valence electrons. The second-order valence-electron chi connectivity index (χ2n) is 11.4. The fraction of sp³-hybridized carbons (Fsp3) is 0.548. The maximum absolute atomic E-state index is 6.82. The van der Waals surface area contributed by atoms with Crippen molar-refractivity contribution in [2.75, 3.05) is 0 Å². The average molecular weight is 475 g/mol. The number of rotatable bonds is 8. The van der Waals surface area contributed by atoms with Gasteiger partial charge in [0.25, 0.3) is 0 Å². The molecule has 2 heterocycles. The van der Waals surface area contributed by atoms with Gasteiger partial charge >= 0.3 is 0 Å². The van der Waals surface area contributed by atoms with Gasteiger partial charge in [-0.3, -0.25) is 0 Å². The molecule has 2 aliphatic rings. The van der Waals surface area contributed by atoms with Crippen LogP contribution in [0.15, 0.2) is 70.6 Å². The predicted octanol–water partition coefficient (Wildman–Crippen LogP) is 7.82. The molecule has 35 heavy (non-hydrogen) atoms. The van der Waals surface area contributed by atoms with E-state index in [2.05, 4.69) is 116 Å². The van der Waals surface area contributed by atoms with E-state index >= 15 is 0 Å². The topological polar surface area (TPSA) is 43.2 Å². The van der Waals surface area contributed by atoms with Gasteiger partial charge in [-0.2, -0.15) is 0 Å². The molecule has 0 aromatic heterocycles. The smallest absolute Gasteiger partial charge is 0.194 e. The Kier molecular flexibility index (Phi) is 7.13. The van der Waals surface area contributed by atoms with E-state index in [1.165, 1.54) is 11.1 Å². The van der Waals surface area contributed by atoms with Crippen molar-refractivity contribution in [3.05, 3.63) is 71.8 Å². The van der Waals surface area contributed by atoms with Gasteiger partial charge in [0.05, 0.1) is 6.42 Å². The van der Waals surface area contributed by atoms with Crippen molar-refractivity contribution in [3.8, 4) is 0 Å². The van der Waals surface area contributed by atoms with Gasteiger partial charge in [-0.15, -0.1) is 0 Å². The van der Waals surface area contributed by atoms with Crippen molar-refractivity contribution in [1.29, 1.82) is 0 Å². The minimum atomic E-state index is -0.401. The monoisotopic (exact) mass is 474 g/mol. The van der Waals surface area contributed by atoms with Crippen LogP contribution < -0.4 is 0 Å². The number of aliphatic imine (C=N–C) groups is 2. The summed E-state index contributed by atoms with van der Waals surface area (Å²) in [4.78, 5) is 10.4. The van der Waals surface area contributed by atoms with Crippen LogP contribution in [0, 0.1) is 23.7 Å². The van der Waals surface area contributed by atoms with Gasteiger partial charge in [0.15, 0.2) is 11.8 Å². The Bertz CT molecular complexity index is 952. The zero-order valence-corrected chi connectivity index (χ0v) is 22.7. The van der Waals surface area contributed by atoms with Crippen LogP contribution in [0.2, 0.25) is 0 Å². The summed E-state index contributed by atoms with van der Waals surface area (Å²) >= 11 is 0. The number of benzene rings is 2. The molecule has 0 saturated carbocycles. The molecule has 0 saturated heterocycles. The summed E-state index contributed by atoms with van der Waals surface area (Å²) in [6, 6.07) is 21.0. The molecule has 0 N–H and O–H groups in total. The third-order valence-electron chi connectivity index (χ3n) is 8.13. The van der Waals surface area contributed by atoms with Crippen molar-refractivity contribution in [2.24, 2.45) is 33.7 Å². The molecule has 2 aromatic rings. The van der Waals surface area contributed by atoms with Gasteiger partial charge in [0, 0.05) is 0 Å². The lowest BCUT2D eigenvalue weighted by molar-refractivity contribution is -0.0402. The molecule has 0 aliphatic carbocycles. The zero-order chi connectivity index (χ0) is 25.4. The SMILES string of the molecule is CC(C)C1(C(C)C)OC(CC2=N[C@H](c3ccccc3)C(C(C)C)(C(C)C)O2)=N[C@@H]1c1ccccc1. The van der Waals surface area contributed by atoms with Crippen LogP contribution in [0.5, 0.6) is 0 Å². The van der Waals surface area contributed by atoms with E-state index in [0.717, 1.165) is 11.8 Å². The fourth-order valence-electron chi connectivity index (χ4n) is 6.36. The Hall–Kier alpha value is -2.62. The second-order valence-corrected chi connectivity index (χ2v) is 11.4. The minimum absolute atomic E-state index is 0.0504. The van der Waals surface area contributed by atoms with Gasteiger partial charge in [-0.1, -0.05) is 116 Å². The van der Waals surface area contributed by atoms with Crippen LogP contribution >= 0.6 is 0 Å². The molecule has 0 bridgehead atoms. The lowest BCUT2D eigenvalue weighted by Gasteiger charge is -2.41. The maximum atomic E-state index is 6.82. The molecule has 0 amide bonds. The predicted molar refractivity (Wildman–Crippen MR) is 145 cm³/mol. The molecule has 0 fully saturated rings. The molecule has 0 radical (unpaired) electrons. The summed E-state index contributed by atoms with van der Waals surface area (Å²) in [7, 11) is 0. The average Bonchev–Trinajstić information content (AvgIpc) is 3.41.